The van der Waals surface area contributed by atoms with Crippen molar-refractivity contribution in [2.24, 2.45) is 28.0 Å². The monoisotopic (exact) mass is 918 g/mol. The highest BCUT2D eigenvalue weighted by molar-refractivity contribution is 5.78. The van der Waals surface area contributed by atoms with Crippen LogP contribution in [0.3, 0.4) is 0 Å². The summed E-state index contributed by atoms with van der Waals surface area (Å²) in [5.74, 6) is 6.13. The fourth-order valence-corrected chi connectivity index (χ4v) is 11.7. The van der Waals surface area contributed by atoms with Crippen molar-refractivity contribution in [3.8, 4) is 23.3 Å². The average molecular weight is 918 g/mol. The first-order valence-corrected chi connectivity index (χ1v) is 24.5. The molecule has 13 nitrogen and oxygen atoms in total. The number of phenolic OH excluding ortho intramolecular Hbond substituents is 1. The van der Waals surface area contributed by atoms with E-state index in [2.05, 4.69) is 84.1 Å². The first-order valence-electron chi connectivity index (χ1n) is 24.5. The van der Waals surface area contributed by atoms with Gasteiger partial charge in [-0.1, -0.05) is 84.0 Å². The molecule has 360 valence electrons. The highest BCUT2D eigenvalue weighted by atomic mass is 16.5. The Kier molecular flexibility index (Phi) is 15.3. The van der Waals surface area contributed by atoms with Crippen molar-refractivity contribution in [3.05, 3.63) is 106 Å². The van der Waals surface area contributed by atoms with E-state index in [0.29, 0.717) is 57.3 Å². The topological polar surface area (TPSA) is 211 Å². The lowest BCUT2D eigenvalue weighted by Gasteiger charge is -2.43. The van der Waals surface area contributed by atoms with Crippen molar-refractivity contribution >= 4 is 11.9 Å². The van der Waals surface area contributed by atoms with Crippen LogP contribution < -0.4 is 26.4 Å². The molecule has 8 bridgehead atoms. The van der Waals surface area contributed by atoms with Gasteiger partial charge < -0.3 is 56.7 Å². The molecular formula is C54H71N5O8. The number of ether oxygens (including phenoxy) is 2. The van der Waals surface area contributed by atoms with Gasteiger partial charge in [-0.15, -0.1) is 0 Å². The van der Waals surface area contributed by atoms with Gasteiger partial charge in [-0.05, 0) is 119 Å². The predicted octanol–water partition coefficient (Wildman–Crippen LogP) is 5.05. The van der Waals surface area contributed by atoms with E-state index in [-0.39, 0.29) is 59.8 Å². The first kappa shape index (κ1) is 48.5. The van der Waals surface area contributed by atoms with Crippen LogP contribution in [0.15, 0.2) is 71.7 Å². The number of nitrogens with zero attached hydrogens (tertiary/aromatic N) is 1. The van der Waals surface area contributed by atoms with Gasteiger partial charge in [0.15, 0.2) is 23.7 Å². The van der Waals surface area contributed by atoms with Crippen LogP contribution in [0.1, 0.15) is 116 Å². The van der Waals surface area contributed by atoms with Crippen LogP contribution in [0.25, 0.3) is 0 Å². The number of aliphatic imine (C=N–C) groups is 1. The number of fused-ring (bicyclic) bond motifs is 7. The molecule has 0 radical (unpaired) electrons. The molecule has 0 saturated carbocycles. The Balaban J connectivity index is 1.27. The number of aromatic hydroxyl groups is 1. The Labute approximate surface area is 395 Å². The number of aliphatic hydroxyl groups excluding tert-OH is 3. The number of aliphatic hydroxyl groups is 4. The summed E-state index contributed by atoms with van der Waals surface area (Å²) in [6, 6.07) is 17.9. The summed E-state index contributed by atoms with van der Waals surface area (Å²) in [5.41, 5.74) is 12.1. The van der Waals surface area contributed by atoms with E-state index in [9.17, 15) is 30.3 Å². The van der Waals surface area contributed by atoms with Gasteiger partial charge in [0.05, 0.1) is 23.7 Å². The maximum Gasteiger partial charge on any atom is 0.302 e. The van der Waals surface area contributed by atoms with Crippen molar-refractivity contribution < 1.29 is 39.8 Å². The van der Waals surface area contributed by atoms with E-state index in [1.807, 2.05) is 12.2 Å². The number of carbonyl (C=O) groups is 1. The molecular weight excluding hydrogens is 847 g/mol. The average Bonchev–Trinajstić information content (AvgIpc) is 3.27. The maximum atomic E-state index is 12.9. The van der Waals surface area contributed by atoms with Crippen LogP contribution in [-0.4, -0.2) is 99.6 Å². The molecule has 5 aliphatic rings. The summed E-state index contributed by atoms with van der Waals surface area (Å²) >= 11 is 0. The molecule has 67 heavy (non-hydrogen) atoms. The van der Waals surface area contributed by atoms with E-state index >= 15 is 0 Å². The van der Waals surface area contributed by atoms with Gasteiger partial charge in [0.1, 0.15) is 12.2 Å². The number of hydrogen-bond acceptors (Lipinski definition) is 13. The number of carbonyl (C=O) groups excluding carboxylic acids is 1. The lowest BCUT2D eigenvalue weighted by atomic mass is 9.66. The van der Waals surface area contributed by atoms with Gasteiger partial charge in [-0.2, -0.15) is 0 Å². The Bertz CT molecular complexity index is 2340. The second-order valence-electron chi connectivity index (χ2n) is 20.2. The molecule has 3 aromatic rings. The smallest absolute Gasteiger partial charge is 0.302 e. The fraction of sp³-hybridized carbons (Fsp3) is 0.556. The highest BCUT2D eigenvalue weighted by Gasteiger charge is 2.47. The summed E-state index contributed by atoms with van der Waals surface area (Å²) in [6.07, 6.45) is 5.38. The van der Waals surface area contributed by atoms with Gasteiger partial charge in [0, 0.05) is 61.7 Å². The third-order valence-electron chi connectivity index (χ3n) is 15.1. The third-order valence-corrected chi connectivity index (χ3v) is 15.1. The van der Waals surface area contributed by atoms with E-state index in [0.717, 1.165) is 32.2 Å². The molecule has 10 N–H and O–H groups in total. The molecule has 3 aromatic carbocycles. The van der Waals surface area contributed by atoms with Gasteiger partial charge >= 0.3 is 5.97 Å². The number of nitrogens with two attached hydrogens (primary N) is 1. The number of piperidine rings is 1. The molecule has 1 saturated heterocycles. The zero-order valence-corrected chi connectivity index (χ0v) is 39.3. The summed E-state index contributed by atoms with van der Waals surface area (Å²) < 4.78 is 12.8. The highest BCUT2D eigenvalue weighted by Crippen LogP contribution is 2.43. The molecule has 8 rings (SSSR count). The Hall–Kier alpha value is -4.94. The van der Waals surface area contributed by atoms with Crippen LogP contribution in [-0.2, 0) is 28.8 Å². The van der Waals surface area contributed by atoms with Crippen molar-refractivity contribution in [1.29, 1.82) is 0 Å². The zero-order chi connectivity index (χ0) is 47.3. The number of benzene rings is 3. The second kappa shape index (κ2) is 21.1. The lowest BCUT2D eigenvalue weighted by Crippen LogP contribution is -2.59. The third kappa shape index (κ3) is 11.7. The summed E-state index contributed by atoms with van der Waals surface area (Å²) in [5, 5.41) is 68.0. The van der Waals surface area contributed by atoms with Crippen LogP contribution in [0.5, 0.6) is 11.5 Å². The molecule has 0 unspecified atom stereocenters. The number of guanidine groups is 1. The molecule has 13 heteroatoms. The molecule has 0 aromatic heterocycles. The van der Waals surface area contributed by atoms with Crippen molar-refractivity contribution in [3.63, 3.8) is 0 Å². The predicted molar refractivity (Wildman–Crippen MR) is 258 cm³/mol. The summed E-state index contributed by atoms with van der Waals surface area (Å²) in [7, 11) is 0. The van der Waals surface area contributed by atoms with Crippen LogP contribution in [0.2, 0.25) is 0 Å². The Morgan fingerprint density at radius 1 is 1.04 bits per heavy atom. The van der Waals surface area contributed by atoms with Gasteiger partial charge in [-0.3, -0.25) is 9.79 Å². The number of rotatable bonds is 4. The molecule has 2 spiro atoms. The summed E-state index contributed by atoms with van der Waals surface area (Å²) in [4.78, 5) is 17.9. The van der Waals surface area contributed by atoms with Crippen molar-refractivity contribution in [2.75, 3.05) is 26.2 Å². The number of phenols is 1. The Morgan fingerprint density at radius 2 is 1.87 bits per heavy atom. The number of nitrogens with one attached hydrogen (secondary N) is 3. The molecule has 10 atom stereocenters. The van der Waals surface area contributed by atoms with Crippen LogP contribution in [0, 0.1) is 42.9 Å². The van der Waals surface area contributed by atoms with Crippen LogP contribution in [0.4, 0.5) is 0 Å². The molecule has 0 amide bonds. The van der Waals surface area contributed by atoms with Gasteiger partial charge in [0.25, 0.3) is 0 Å². The van der Waals surface area contributed by atoms with E-state index in [4.69, 9.17) is 20.2 Å². The number of esters is 1. The Morgan fingerprint density at radius 3 is 2.66 bits per heavy atom. The van der Waals surface area contributed by atoms with Crippen LogP contribution >= 0.6 is 0 Å². The molecule has 1 fully saturated rings. The largest absolute Gasteiger partial charge is 0.504 e. The van der Waals surface area contributed by atoms with Gasteiger partial charge in [-0.25, -0.2) is 0 Å². The fourth-order valence-electron chi connectivity index (χ4n) is 11.7. The minimum atomic E-state index is -1.92. The van der Waals surface area contributed by atoms with E-state index < -0.39 is 53.9 Å². The van der Waals surface area contributed by atoms with Crippen molar-refractivity contribution in [2.45, 2.75) is 146 Å². The minimum Gasteiger partial charge on any atom is -0.504 e. The second-order valence-corrected chi connectivity index (χ2v) is 20.2. The SMILES string of the molecule is CC(=O)O[C@H]1C[C@@H](O)CC[C@@]23C#C[C@@H]4CCC[C@@]5(CNCCc6cccc(c6)[C@@H](Cc6cc(C)cc(C)c6)CN=C(N)N[C@@H]2C=CC[C@H]3O)C[C@@H](CCN5)Oc2cc(c(C(O)O)cc2O)C[C@H]41. The normalized spacial score (nSPS) is 31.6. The molecule has 2 aliphatic carbocycles. The van der Waals surface area contributed by atoms with E-state index in [1.54, 1.807) is 6.07 Å². The quantitative estimate of drug-likeness (QED) is 0.0729. The zero-order valence-electron chi connectivity index (χ0n) is 39.3. The minimum absolute atomic E-state index is 0.0214. The van der Waals surface area contributed by atoms with Crippen molar-refractivity contribution in [1.82, 2.24) is 16.0 Å². The number of aryl methyl sites for hydroxylation is 2. The first-order chi connectivity index (χ1) is 32.2. The summed E-state index contributed by atoms with van der Waals surface area (Å²) in [6.45, 7) is 8.13. The molecule has 3 heterocycles. The maximum absolute atomic E-state index is 12.9. The molecule has 3 aliphatic heterocycles. The van der Waals surface area contributed by atoms with E-state index in [1.165, 1.54) is 40.8 Å². The van der Waals surface area contributed by atoms with Gasteiger partial charge in [0.2, 0.25) is 0 Å². The number of hydrogen-bond donors (Lipinski definition) is 9. The standard InChI is InChI=1S/C54H71N5O8/c1-33-21-34(2)23-37(22-33)25-41-31-57-52(55)59-49-10-5-11-50(63)54(49)17-12-38-9-6-16-53(32-56-19-14-36-7-4-8-39(41)24-36)30-43(15-20-58-53)67-48-27-40(45(51(64)65)29-46(48)62)26-44(38)47(66-35(3)60)28-42(61)13-18-54/h4-5,7-8,10,21-24,27,29,38,41-44,47,49-51,56,58,61-65H,6,9,11,13-16,18-20,25-26,28,30-32H2,1-3H3,(H3,55,57,59)/t38-,41-,42-,43+,44+,47-,49+,50+,53-,54-/m0/s1. The lowest BCUT2D eigenvalue weighted by molar-refractivity contribution is -0.152.